The van der Waals surface area contributed by atoms with E-state index in [1.165, 1.54) is 18.2 Å². The average Bonchev–Trinajstić information content (AvgIpc) is 2.60. The summed E-state index contributed by atoms with van der Waals surface area (Å²) in [5.74, 6) is -0.0213. The number of hydrogen-bond acceptors (Lipinski definition) is 5. The van der Waals surface area contributed by atoms with Crippen molar-refractivity contribution in [1.29, 1.82) is 5.26 Å². The summed E-state index contributed by atoms with van der Waals surface area (Å²) in [6, 6.07) is 13.4. The molecule has 136 valence electrons. The van der Waals surface area contributed by atoms with E-state index in [4.69, 9.17) is 5.14 Å². The number of carbonyl (C=O) groups is 1. The summed E-state index contributed by atoms with van der Waals surface area (Å²) in [5, 5.41) is 20.2. The number of hydrogen-bond donors (Lipinski definition) is 3. The predicted octanol–water partition coefficient (Wildman–Crippen LogP) is 2.56. The third-order valence-electron chi connectivity index (χ3n) is 3.64. The number of anilines is 2. The lowest BCUT2D eigenvalue weighted by molar-refractivity contribution is -0.116. The second-order valence-corrected chi connectivity index (χ2v) is 7.27. The van der Waals surface area contributed by atoms with Crippen LogP contribution < -0.4 is 15.8 Å². The molecule has 0 fully saturated rings. The van der Waals surface area contributed by atoms with Crippen LogP contribution >= 0.6 is 0 Å². The van der Waals surface area contributed by atoms with E-state index < -0.39 is 10.0 Å². The van der Waals surface area contributed by atoms with E-state index in [0.717, 1.165) is 17.7 Å². The van der Waals surface area contributed by atoms with Gasteiger partial charge >= 0.3 is 0 Å². The lowest BCUT2D eigenvalue weighted by Gasteiger charge is -2.10. The van der Waals surface area contributed by atoms with E-state index >= 15 is 0 Å². The van der Waals surface area contributed by atoms with Gasteiger partial charge in [-0.1, -0.05) is 19.1 Å². The van der Waals surface area contributed by atoms with Crippen LogP contribution in [0, 0.1) is 11.3 Å². The molecule has 0 saturated carbocycles. The predicted molar refractivity (Wildman–Crippen MR) is 99.8 cm³/mol. The fourth-order valence-electron chi connectivity index (χ4n) is 2.30. The Balaban J connectivity index is 2.05. The van der Waals surface area contributed by atoms with Crippen molar-refractivity contribution in [2.75, 3.05) is 10.6 Å². The fraction of sp³-hybridized carbons (Fsp3) is 0.222. The maximum absolute atomic E-state index is 11.6. The van der Waals surface area contributed by atoms with Gasteiger partial charge in [0.05, 0.1) is 16.1 Å². The van der Waals surface area contributed by atoms with Gasteiger partial charge in [-0.15, -0.1) is 0 Å². The summed E-state index contributed by atoms with van der Waals surface area (Å²) in [5.41, 5.74) is 2.38. The Morgan fingerprint density at radius 3 is 2.46 bits per heavy atom. The second kappa shape index (κ2) is 8.47. The number of carbonyl (C=O) groups excluding carboxylic acids is 1. The normalized spacial score (nSPS) is 10.8. The number of rotatable bonds is 7. The van der Waals surface area contributed by atoms with E-state index in [2.05, 4.69) is 10.6 Å². The van der Waals surface area contributed by atoms with Crippen LogP contribution in [0.1, 0.15) is 30.9 Å². The molecule has 2 rings (SSSR count). The van der Waals surface area contributed by atoms with Crippen LogP contribution in [0.3, 0.4) is 0 Å². The highest BCUT2D eigenvalue weighted by molar-refractivity contribution is 7.89. The smallest absolute Gasteiger partial charge is 0.238 e. The molecule has 1 amide bonds. The third-order valence-corrected chi connectivity index (χ3v) is 4.55. The third kappa shape index (κ3) is 5.31. The van der Waals surface area contributed by atoms with Crippen molar-refractivity contribution >= 4 is 27.3 Å². The molecule has 8 heteroatoms. The number of nitrogens with one attached hydrogen (secondary N) is 2. The standard InChI is InChI=1S/C18H20N4O3S/c1-2-3-18(23)22-15-6-4-13(5-7-15)12-21-17-9-8-16(26(20,24)25)10-14(17)11-19/h4-10,21H,2-3,12H2,1H3,(H,22,23)(H2,20,24,25). The molecule has 2 aromatic rings. The Morgan fingerprint density at radius 2 is 1.88 bits per heavy atom. The van der Waals surface area contributed by atoms with Crippen molar-refractivity contribution in [3.8, 4) is 6.07 Å². The molecule has 0 aliphatic heterocycles. The Kier molecular flexibility index (Phi) is 6.33. The average molecular weight is 372 g/mol. The zero-order chi connectivity index (χ0) is 19.2. The van der Waals surface area contributed by atoms with Crippen molar-refractivity contribution in [2.24, 2.45) is 5.14 Å². The lowest BCUT2D eigenvalue weighted by Crippen LogP contribution is -2.12. The maximum atomic E-state index is 11.6. The molecular weight excluding hydrogens is 352 g/mol. The van der Waals surface area contributed by atoms with Crippen LogP contribution in [-0.4, -0.2) is 14.3 Å². The van der Waals surface area contributed by atoms with Gasteiger partial charge in [0.25, 0.3) is 0 Å². The van der Waals surface area contributed by atoms with E-state index in [-0.39, 0.29) is 16.4 Å². The molecule has 4 N–H and O–H groups in total. The highest BCUT2D eigenvalue weighted by Crippen LogP contribution is 2.20. The molecule has 0 radical (unpaired) electrons. The number of nitrogens with zero attached hydrogens (tertiary/aromatic N) is 1. The first-order valence-electron chi connectivity index (χ1n) is 8.03. The second-order valence-electron chi connectivity index (χ2n) is 5.71. The zero-order valence-electron chi connectivity index (χ0n) is 14.3. The minimum absolute atomic E-state index is 0.0213. The highest BCUT2D eigenvalue weighted by atomic mass is 32.2. The number of nitrogens with two attached hydrogens (primary N) is 1. The van der Waals surface area contributed by atoms with E-state index in [0.29, 0.717) is 18.7 Å². The van der Waals surface area contributed by atoms with Gasteiger partial charge in [0.1, 0.15) is 6.07 Å². The lowest BCUT2D eigenvalue weighted by atomic mass is 10.1. The molecule has 0 aliphatic rings. The minimum atomic E-state index is -3.85. The molecule has 26 heavy (non-hydrogen) atoms. The summed E-state index contributed by atoms with van der Waals surface area (Å²) in [4.78, 5) is 11.5. The van der Waals surface area contributed by atoms with Crippen molar-refractivity contribution in [3.63, 3.8) is 0 Å². The molecule has 0 unspecified atom stereocenters. The number of primary sulfonamides is 1. The first-order chi connectivity index (χ1) is 12.3. The molecule has 0 atom stereocenters. The quantitative estimate of drug-likeness (QED) is 0.689. The van der Waals surface area contributed by atoms with Gasteiger partial charge in [-0.25, -0.2) is 13.6 Å². The van der Waals surface area contributed by atoms with Crippen molar-refractivity contribution < 1.29 is 13.2 Å². The van der Waals surface area contributed by atoms with E-state index in [9.17, 15) is 18.5 Å². The Bertz CT molecular complexity index is 932. The van der Waals surface area contributed by atoms with Crippen LogP contribution in [0.2, 0.25) is 0 Å². The summed E-state index contributed by atoms with van der Waals surface area (Å²) in [7, 11) is -3.85. The molecule has 0 aromatic heterocycles. The molecule has 7 nitrogen and oxygen atoms in total. The first kappa shape index (κ1) is 19.4. The Hall–Kier alpha value is -2.89. The molecule has 0 aliphatic carbocycles. The Labute approximate surface area is 152 Å². The van der Waals surface area contributed by atoms with Crippen LogP contribution in [0.5, 0.6) is 0 Å². The van der Waals surface area contributed by atoms with Crippen LogP contribution in [0.25, 0.3) is 0 Å². The number of nitriles is 1. The van der Waals surface area contributed by atoms with Crippen LogP contribution in [-0.2, 0) is 21.4 Å². The zero-order valence-corrected chi connectivity index (χ0v) is 15.1. The number of amides is 1. The molecule has 2 aromatic carbocycles. The summed E-state index contributed by atoms with van der Waals surface area (Å²) < 4.78 is 22.7. The van der Waals surface area contributed by atoms with E-state index in [1.54, 1.807) is 12.1 Å². The summed E-state index contributed by atoms with van der Waals surface area (Å²) in [6.07, 6.45) is 1.27. The van der Waals surface area contributed by atoms with Gasteiger partial charge in [0, 0.05) is 18.7 Å². The van der Waals surface area contributed by atoms with Crippen molar-refractivity contribution in [1.82, 2.24) is 0 Å². The van der Waals surface area contributed by atoms with Gasteiger partial charge in [0.2, 0.25) is 15.9 Å². The molecule has 0 bridgehead atoms. The molecule has 0 saturated heterocycles. The van der Waals surface area contributed by atoms with Gasteiger partial charge in [-0.3, -0.25) is 4.79 Å². The highest BCUT2D eigenvalue weighted by Gasteiger charge is 2.11. The van der Waals surface area contributed by atoms with Gasteiger partial charge in [-0.2, -0.15) is 5.26 Å². The summed E-state index contributed by atoms with van der Waals surface area (Å²) >= 11 is 0. The van der Waals surface area contributed by atoms with Gasteiger partial charge < -0.3 is 10.6 Å². The van der Waals surface area contributed by atoms with Crippen molar-refractivity contribution in [2.45, 2.75) is 31.2 Å². The van der Waals surface area contributed by atoms with Crippen molar-refractivity contribution in [3.05, 3.63) is 53.6 Å². The number of sulfonamides is 1. The molecule has 0 spiro atoms. The maximum Gasteiger partial charge on any atom is 0.238 e. The first-order valence-corrected chi connectivity index (χ1v) is 9.57. The topological polar surface area (TPSA) is 125 Å². The SMILES string of the molecule is CCCC(=O)Nc1ccc(CNc2ccc(S(N)(=O)=O)cc2C#N)cc1. The van der Waals surface area contributed by atoms with E-state index in [1.807, 2.05) is 25.1 Å². The van der Waals surface area contributed by atoms with Crippen LogP contribution in [0.4, 0.5) is 11.4 Å². The molecular formula is C18H20N4O3S. The Morgan fingerprint density at radius 1 is 1.19 bits per heavy atom. The minimum Gasteiger partial charge on any atom is -0.380 e. The van der Waals surface area contributed by atoms with Gasteiger partial charge in [-0.05, 0) is 42.3 Å². The monoisotopic (exact) mass is 372 g/mol. The molecule has 0 heterocycles. The van der Waals surface area contributed by atoms with Gasteiger partial charge in [0.15, 0.2) is 0 Å². The largest absolute Gasteiger partial charge is 0.380 e. The van der Waals surface area contributed by atoms with Crippen LogP contribution in [0.15, 0.2) is 47.4 Å². The fourth-order valence-corrected chi connectivity index (χ4v) is 2.84. The number of benzene rings is 2. The summed E-state index contributed by atoms with van der Waals surface area (Å²) in [6.45, 7) is 2.38.